The van der Waals surface area contributed by atoms with E-state index in [1.54, 1.807) is 36.0 Å². The van der Waals surface area contributed by atoms with Gasteiger partial charge >= 0.3 is 0 Å². The smallest absolute Gasteiger partial charge is 0.291 e. The normalized spacial score (nSPS) is 10.5. The fourth-order valence-electron chi connectivity index (χ4n) is 2.18. The molecule has 3 rings (SSSR count). The van der Waals surface area contributed by atoms with Gasteiger partial charge in [-0.25, -0.2) is 0 Å². The van der Waals surface area contributed by atoms with Crippen LogP contribution in [0.2, 0.25) is 0 Å². The van der Waals surface area contributed by atoms with E-state index in [0.717, 1.165) is 12.2 Å². The molecule has 0 aliphatic rings. The van der Waals surface area contributed by atoms with Crippen molar-refractivity contribution in [2.45, 2.75) is 11.3 Å². The molecule has 0 fully saturated rings. The number of hydrogen-bond acceptors (Lipinski definition) is 5. The van der Waals surface area contributed by atoms with E-state index >= 15 is 0 Å². The van der Waals surface area contributed by atoms with Gasteiger partial charge in [-0.05, 0) is 48.6 Å². The van der Waals surface area contributed by atoms with E-state index in [1.165, 1.54) is 22.5 Å². The molecule has 0 atom stereocenters. The van der Waals surface area contributed by atoms with Crippen LogP contribution >= 0.6 is 23.1 Å². The summed E-state index contributed by atoms with van der Waals surface area (Å²) in [5.41, 5.74) is 0. The SMILES string of the molecule is O=C(Nc1ccc(C(=O)NCCCSc2ccccc2)s1)c1ccco1. The van der Waals surface area contributed by atoms with Crippen LogP contribution in [0.15, 0.2) is 70.2 Å². The van der Waals surface area contributed by atoms with Crippen LogP contribution in [0, 0.1) is 0 Å². The Labute approximate surface area is 159 Å². The van der Waals surface area contributed by atoms with Gasteiger partial charge in [0.25, 0.3) is 11.8 Å². The number of hydrogen-bond donors (Lipinski definition) is 2. The van der Waals surface area contributed by atoms with Gasteiger partial charge in [-0.1, -0.05) is 18.2 Å². The minimum atomic E-state index is -0.332. The fraction of sp³-hybridized carbons (Fsp3) is 0.158. The number of carbonyl (C=O) groups is 2. The topological polar surface area (TPSA) is 71.3 Å². The maximum absolute atomic E-state index is 12.2. The highest BCUT2D eigenvalue weighted by Crippen LogP contribution is 2.22. The van der Waals surface area contributed by atoms with Gasteiger partial charge in [0.05, 0.1) is 16.1 Å². The molecule has 1 aromatic carbocycles. The molecule has 0 aliphatic heterocycles. The minimum absolute atomic E-state index is 0.127. The number of thiophene rings is 1. The minimum Gasteiger partial charge on any atom is -0.459 e. The zero-order chi connectivity index (χ0) is 18.2. The first-order valence-electron chi connectivity index (χ1n) is 8.13. The maximum Gasteiger partial charge on any atom is 0.291 e. The molecule has 2 amide bonds. The Hall–Kier alpha value is -2.51. The second-order valence-electron chi connectivity index (χ2n) is 5.37. The van der Waals surface area contributed by atoms with Crippen LogP contribution < -0.4 is 10.6 Å². The number of thioether (sulfide) groups is 1. The predicted octanol–water partition coefficient (Wildman–Crippen LogP) is 4.51. The summed E-state index contributed by atoms with van der Waals surface area (Å²) in [6, 6.07) is 16.8. The molecule has 5 nitrogen and oxygen atoms in total. The largest absolute Gasteiger partial charge is 0.459 e. The molecule has 0 bridgehead atoms. The lowest BCUT2D eigenvalue weighted by atomic mass is 10.4. The van der Waals surface area contributed by atoms with E-state index in [0.29, 0.717) is 16.4 Å². The van der Waals surface area contributed by atoms with Crippen LogP contribution in [0.1, 0.15) is 26.6 Å². The first-order valence-corrected chi connectivity index (χ1v) is 9.93. The molecule has 0 spiro atoms. The van der Waals surface area contributed by atoms with Crippen LogP contribution in [0.4, 0.5) is 5.00 Å². The van der Waals surface area contributed by atoms with E-state index in [4.69, 9.17) is 4.42 Å². The van der Waals surface area contributed by atoms with Gasteiger partial charge in [0.2, 0.25) is 0 Å². The molecular weight excluding hydrogens is 368 g/mol. The summed E-state index contributed by atoms with van der Waals surface area (Å²) in [5, 5.41) is 6.23. The summed E-state index contributed by atoms with van der Waals surface area (Å²) in [6.45, 7) is 0.616. The van der Waals surface area contributed by atoms with E-state index < -0.39 is 0 Å². The Morgan fingerprint density at radius 1 is 1.00 bits per heavy atom. The van der Waals surface area contributed by atoms with Crippen LogP contribution in [0.5, 0.6) is 0 Å². The molecule has 2 N–H and O–H groups in total. The van der Waals surface area contributed by atoms with Gasteiger partial charge in [0, 0.05) is 11.4 Å². The number of benzene rings is 1. The molecule has 0 saturated carbocycles. The average molecular weight is 386 g/mol. The number of anilines is 1. The number of rotatable bonds is 8. The summed E-state index contributed by atoms with van der Waals surface area (Å²) >= 11 is 3.01. The van der Waals surface area contributed by atoms with E-state index in [2.05, 4.69) is 22.8 Å². The van der Waals surface area contributed by atoms with Crippen molar-refractivity contribution in [2.75, 3.05) is 17.6 Å². The number of carbonyl (C=O) groups excluding carboxylic acids is 2. The molecule has 0 aliphatic carbocycles. The molecule has 134 valence electrons. The third-order valence-corrected chi connectivity index (χ3v) is 5.53. The Bertz CT molecular complexity index is 845. The molecule has 7 heteroatoms. The predicted molar refractivity (Wildman–Crippen MR) is 105 cm³/mol. The first-order chi connectivity index (χ1) is 12.7. The van der Waals surface area contributed by atoms with Gasteiger partial charge in [-0.15, -0.1) is 23.1 Å². The first kappa shape index (κ1) is 18.3. The molecule has 26 heavy (non-hydrogen) atoms. The van der Waals surface area contributed by atoms with Crippen LogP contribution in [-0.4, -0.2) is 24.1 Å². The van der Waals surface area contributed by atoms with Crippen molar-refractivity contribution >= 4 is 39.9 Å². The van der Waals surface area contributed by atoms with Gasteiger partial charge in [0.15, 0.2) is 5.76 Å². The van der Waals surface area contributed by atoms with E-state index in [9.17, 15) is 9.59 Å². The highest BCUT2D eigenvalue weighted by Gasteiger charge is 2.13. The molecule has 2 heterocycles. The summed E-state index contributed by atoms with van der Waals surface area (Å²) in [6.07, 6.45) is 2.33. The third kappa shape index (κ3) is 5.24. The Kier molecular flexibility index (Phi) is 6.51. The molecule has 0 saturated heterocycles. The molecular formula is C19H18N2O3S2. The maximum atomic E-state index is 12.2. The molecule has 0 unspecified atom stereocenters. The summed E-state index contributed by atoms with van der Waals surface area (Å²) in [4.78, 5) is 25.9. The van der Waals surface area contributed by atoms with Crippen molar-refractivity contribution in [3.63, 3.8) is 0 Å². The van der Waals surface area contributed by atoms with Gasteiger partial charge in [0.1, 0.15) is 0 Å². The Balaban J connectivity index is 1.39. The second-order valence-corrected chi connectivity index (χ2v) is 7.62. The summed E-state index contributed by atoms with van der Waals surface area (Å²) < 4.78 is 5.04. The lowest BCUT2D eigenvalue weighted by molar-refractivity contribution is 0.0956. The molecule has 3 aromatic rings. The Morgan fingerprint density at radius 3 is 2.62 bits per heavy atom. The van der Waals surface area contributed by atoms with Crippen molar-refractivity contribution in [2.24, 2.45) is 0 Å². The van der Waals surface area contributed by atoms with Crippen molar-refractivity contribution < 1.29 is 14.0 Å². The third-order valence-electron chi connectivity index (χ3n) is 3.43. The van der Waals surface area contributed by atoms with E-state index in [1.807, 2.05) is 18.2 Å². The van der Waals surface area contributed by atoms with Crippen molar-refractivity contribution in [3.8, 4) is 0 Å². The lowest BCUT2D eigenvalue weighted by Gasteiger charge is -2.04. The Morgan fingerprint density at radius 2 is 1.85 bits per heavy atom. The van der Waals surface area contributed by atoms with Crippen LogP contribution in [0.25, 0.3) is 0 Å². The standard InChI is InChI=1S/C19H18N2O3S2/c22-18(15-8-4-12-24-15)21-17-10-9-16(26-17)19(23)20-11-5-13-25-14-6-2-1-3-7-14/h1-4,6-10,12H,5,11,13H2,(H,20,23)(H,21,22). The quantitative estimate of drug-likeness (QED) is 0.441. The number of furan rings is 1. The lowest BCUT2D eigenvalue weighted by Crippen LogP contribution is -2.23. The number of amides is 2. The van der Waals surface area contributed by atoms with Crippen molar-refractivity contribution in [3.05, 3.63) is 71.5 Å². The van der Waals surface area contributed by atoms with Crippen LogP contribution in [-0.2, 0) is 0 Å². The highest BCUT2D eigenvalue weighted by atomic mass is 32.2. The fourth-order valence-corrected chi connectivity index (χ4v) is 3.87. The van der Waals surface area contributed by atoms with Crippen molar-refractivity contribution in [1.82, 2.24) is 5.32 Å². The summed E-state index contributed by atoms with van der Waals surface area (Å²) in [5.74, 6) is 0.722. The molecule has 0 radical (unpaired) electrons. The molecule has 2 aromatic heterocycles. The summed E-state index contributed by atoms with van der Waals surface area (Å²) in [7, 11) is 0. The van der Waals surface area contributed by atoms with Crippen LogP contribution in [0.3, 0.4) is 0 Å². The number of nitrogens with one attached hydrogen (secondary N) is 2. The second kappa shape index (κ2) is 9.26. The van der Waals surface area contributed by atoms with Gasteiger partial charge in [-0.2, -0.15) is 0 Å². The zero-order valence-electron chi connectivity index (χ0n) is 13.9. The zero-order valence-corrected chi connectivity index (χ0v) is 15.6. The monoisotopic (exact) mass is 386 g/mol. The van der Waals surface area contributed by atoms with Crippen molar-refractivity contribution in [1.29, 1.82) is 0 Å². The van der Waals surface area contributed by atoms with Gasteiger partial charge < -0.3 is 15.1 Å². The average Bonchev–Trinajstić information content (AvgIpc) is 3.34. The van der Waals surface area contributed by atoms with E-state index in [-0.39, 0.29) is 17.6 Å². The highest BCUT2D eigenvalue weighted by molar-refractivity contribution is 7.99. The van der Waals surface area contributed by atoms with Gasteiger partial charge in [-0.3, -0.25) is 9.59 Å².